The van der Waals surface area contributed by atoms with Gasteiger partial charge in [-0.2, -0.15) is 0 Å². The van der Waals surface area contributed by atoms with Crippen LogP contribution in [0, 0.1) is 5.92 Å². The highest BCUT2D eigenvalue weighted by molar-refractivity contribution is 6.02. The largest absolute Gasteiger partial charge is 0.459 e. The first-order valence-corrected chi connectivity index (χ1v) is 7.33. The molecule has 3 rings (SSSR count). The highest BCUT2D eigenvalue weighted by Crippen LogP contribution is 2.28. The predicted molar refractivity (Wildman–Crippen MR) is 86.1 cm³/mol. The molecule has 2 aromatic rings. The van der Waals surface area contributed by atoms with Crippen LogP contribution in [-0.4, -0.2) is 11.8 Å². The number of anilines is 1. The molecule has 0 spiro atoms. The Bertz CT molecular complexity index is 716. The van der Waals surface area contributed by atoms with Gasteiger partial charge in [0.2, 0.25) is 5.91 Å². The first kappa shape index (κ1) is 14.9. The molecule has 0 unspecified atom stereocenters. The number of carbonyl (C=O) groups excluding carboxylic acids is 2. The van der Waals surface area contributed by atoms with Gasteiger partial charge in [0, 0.05) is 11.6 Å². The molecule has 23 heavy (non-hydrogen) atoms. The molecule has 118 valence electrons. The molecule has 2 amide bonds. The lowest BCUT2D eigenvalue weighted by Crippen LogP contribution is -2.36. The predicted octanol–water partition coefficient (Wildman–Crippen LogP) is 2.53. The van der Waals surface area contributed by atoms with Crippen LogP contribution in [0.3, 0.4) is 0 Å². The van der Waals surface area contributed by atoms with E-state index in [1.54, 1.807) is 36.4 Å². The number of hydrogen-bond donors (Lipinski definition) is 3. The molecule has 6 heteroatoms. The number of furan rings is 1. The molecule has 1 aromatic heterocycles. The van der Waals surface area contributed by atoms with E-state index in [1.807, 2.05) is 0 Å². The molecule has 1 aromatic carbocycles. The van der Waals surface area contributed by atoms with Crippen molar-refractivity contribution in [1.82, 2.24) is 10.9 Å². The van der Waals surface area contributed by atoms with E-state index in [1.165, 1.54) is 6.26 Å². The van der Waals surface area contributed by atoms with Crippen LogP contribution >= 0.6 is 0 Å². The minimum atomic E-state index is -0.309. The van der Waals surface area contributed by atoms with Gasteiger partial charge in [0.05, 0.1) is 12.0 Å². The van der Waals surface area contributed by atoms with E-state index >= 15 is 0 Å². The topological polar surface area (TPSA) is 83.4 Å². The second-order valence-corrected chi connectivity index (χ2v) is 5.38. The van der Waals surface area contributed by atoms with Crippen LogP contribution in [0.15, 0.2) is 53.7 Å². The third-order valence-electron chi connectivity index (χ3n) is 3.52. The van der Waals surface area contributed by atoms with Crippen molar-refractivity contribution < 1.29 is 14.0 Å². The van der Waals surface area contributed by atoms with Crippen molar-refractivity contribution in [3.8, 4) is 0 Å². The molecular weight excluding hydrogens is 294 g/mol. The second kappa shape index (κ2) is 6.39. The summed E-state index contributed by atoms with van der Waals surface area (Å²) in [5.41, 5.74) is 7.49. The van der Waals surface area contributed by atoms with Gasteiger partial charge in [0.1, 0.15) is 0 Å². The van der Waals surface area contributed by atoms with Gasteiger partial charge < -0.3 is 9.73 Å². The van der Waals surface area contributed by atoms with Gasteiger partial charge in [0.15, 0.2) is 5.76 Å². The molecule has 0 bridgehead atoms. The monoisotopic (exact) mass is 311 g/mol. The van der Waals surface area contributed by atoms with Crippen LogP contribution in [0.1, 0.15) is 29.0 Å². The smallest absolute Gasteiger partial charge is 0.291 e. The third kappa shape index (κ3) is 3.79. The van der Waals surface area contributed by atoms with Crippen molar-refractivity contribution >= 4 is 23.2 Å². The first-order chi connectivity index (χ1) is 11.1. The lowest BCUT2D eigenvalue weighted by molar-refractivity contribution is -0.122. The number of benzene rings is 1. The number of carbonyl (C=O) groups is 2. The minimum Gasteiger partial charge on any atom is -0.459 e. The van der Waals surface area contributed by atoms with Crippen molar-refractivity contribution in [3.05, 3.63) is 60.6 Å². The summed E-state index contributed by atoms with van der Waals surface area (Å²) >= 11 is 0. The van der Waals surface area contributed by atoms with E-state index < -0.39 is 0 Å². The Morgan fingerprint density at radius 1 is 1.09 bits per heavy atom. The van der Waals surface area contributed by atoms with Crippen molar-refractivity contribution in [2.75, 3.05) is 5.32 Å². The van der Waals surface area contributed by atoms with Crippen LogP contribution in [0.5, 0.6) is 0 Å². The quantitative estimate of drug-likeness (QED) is 0.716. The van der Waals surface area contributed by atoms with Crippen molar-refractivity contribution in [2.45, 2.75) is 12.8 Å². The molecule has 1 aliphatic rings. The lowest BCUT2D eigenvalue weighted by atomic mass is 10.1. The summed E-state index contributed by atoms with van der Waals surface area (Å²) in [5.74, 6) is 0.0716. The SMILES string of the molecule is C=C(NNC(=O)C1CC1)c1ccc(NC(=O)c2ccco2)cc1. The van der Waals surface area contributed by atoms with Gasteiger partial charge in [-0.3, -0.25) is 20.4 Å². The molecule has 1 aliphatic carbocycles. The van der Waals surface area contributed by atoms with Gasteiger partial charge in [0.25, 0.3) is 5.91 Å². The molecule has 3 N–H and O–H groups in total. The molecule has 1 heterocycles. The Kier molecular flexibility index (Phi) is 4.14. The van der Waals surface area contributed by atoms with E-state index in [0.29, 0.717) is 11.4 Å². The Balaban J connectivity index is 1.54. The van der Waals surface area contributed by atoms with Gasteiger partial charge >= 0.3 is 0 Å². The van der Waals surface area contributed by atoms with Gasteiger partial charge in [-0.05, 0) is 42.7 Å². The van der Waals surface area contributed by atoms with Gasteiger partial charge in [-0.15, -0.1) is 0 Å². The van der Waals surface area contributed by atoms with Crippen molar-refractivity contribution in [2.24, 2.45) is 5.92 Å². The average Bonchev–Trinajstić information content (AvgIpc) is 3.27. The van der Waals surface area contributed by atoms with E-state index in [2.05, 4.69) is 22.7 Å². The third-order valence-corrected chi connectivity index (χ3v) is 3.52. The maximum Gasteiger partial charge on any atom is 0.291 e. The zero-order chi connectivity index (χ0) is 16.2. The maximum absolute atomic E-state index is 11.9. The second-order valence-electron chi connectivity index (χ2n) is 5.38. The molecule has 0 aliphatic heterocycles. The average molecular weight is 311 g/mol. The summed E-state index contributed by atoms with van der Waals surface area (Å²) < 4.78 is 5.03. The Labute approximate surface area is 133 Å². The molecule has 0 radical (unpaired) electrons. The lowest BCUT2D eigenvalue weighted by Gasteiger charge is -2.11. The summed E-state index contributed by atoms with van der Waals surface area (Å²) in [6.07, 6.45) is 3.34. The normalized spacial score (nSPS) is 13.2. The minimum absolute atomic E-state index is 0.00604. The van der Waals surface area contributed by atoms with Gasteiger partial charge in [-0.25, -0.2) is 0 Å². The van der Waals surface area contributed by atoms with Crippen LogP contribution in [0.25, 0.3) is 5.70 Å². The Hall–Kier alpha value is -3.02. The molecule has 1 saturated carbocycles. The molecule has 0 saturated heterocycles. The van der Waals surface area contributed by atoms with Gasteiger partial charge in [-0.1, -0.05) is 18.7 Å². The Morgan fingerprint density at radius 2 is 1.83 bits per heavy atom. The van der Waals surface area contributed by atoms with Crippen molar-refractivity contribution in [1.29, 1.82) is 0 Å². The number of amides is 2. The number of hydrazine groups is 1. The van der Waals surface area contributed by atoms with Crippen LogP contribution in [-0.2, 0) is 4.79 Å². The molecule has 6 nitrogen and oxygen atoms in total. The van der Waals surface area contributed by atoms with Crippen LogP contribution < -0.4 is 16.2 Å². The van der Waals surface area contributed by atoms with Crippen LogP contribution in [0.4, 0.5) is 5.69 Å². The fourth-order valence-corrected chi connectivity index (χ4v) is 2.01. The highest BCUT2D eigenvalue weighted by Gasteiger charge is 2.29. The standard InChI is InChI=1S/C17H17N3O3/c1-11(19-20-16(21)13-4-5-13)12-6-8-14(9-7-12)18-17(22)15-3-2-10-23-15/h2-3,6-10,13,19H,1,4-5H2,(H,18,22)(H,20,21). The van der Waals surface area contributed by atoms with E-state index in [-0.39, 0.29) is 23.5 Å². The zero-order valence-corrected chi connectivity index (χ0v) is 12.5. The molecule has 0 atom stereocenters. The van der Waals surface area contributed by atoms with Crippen molar-refractivity contribution in [3.63, 3.8) is 0 Å². The summed E-state index contributed by atoms with van der Waals surface area (Å²) in [7, 11) is 0. The number of rotatable bonds is 6. The highest BCUT2D eigenvalue weighted by atomic mass is 16.3. The summed E-state index contributed by atoms with van der Waals surface area (Å²) in [5, 5.41) is 2.73. The summed E-state index contributed by atoms with van der Waals surface area (Å²) in [4.78, 5) is 23.4. The molecule has 1 fully saturated rings. The zero-order valence-electron chi connectivity index (χ0n) is 12.5. The van der Waals surface area contributed by atoms with Crippen LogP contribution in [0.2, 0.25) is 0 Å². The van der Waals surface area contributed by atoms with E-state index in [0.717, 1.165) is 18.4 Å². The molecular formula is C17H17N3O3. The fraction of sp³-hybridized carbons (Fsp3) is 0.176. The number of nitrogens with one attached hydrogen (secondary N) is 3. The fourth-order valence-electron chi connectivity index (χ4n) is 2.01. The maximum atomic E-state index is 11.9. The van der Waals surface area contributed by atoms with E-state index in [4.69, 9.17) is 4.42 Å². The summed E-state index contributed by atoms with van der Waals surface area (Å²) in [6.45, 7) is 3.88. The summed E-state index contributed by atoms with van der Waals surface area (Å²) in [6, 6.07) is 10.4. The first-order valence-electron chi connectivity index (χ1n) is 7.33. The number of hydrogen-bond acceptors (Lipinski definition) is 4. The Morgan fingerprint density at radius 3 is 2.43 bits per heavy atom. The van der Waals surface area contributed by atoms with E-state index in [9.17, 15) is 9.59 Å².